The highest BCUT2D eigenvalue weighted by atomic mass is 16.4. The SMILES string of the molecule is CCCC(C)(CN)NC(=O)O. The van der Waals surface area contributed by atoms with Gasteiger partial charge in [-0.25, -0.2) is 4.79 Å². The van der Waals surface area contributed by atoms with Gasteiger partial charge in [0.05, 0.1) is 5.54 Å². The van der Waals surface area contributed by atoms with Gasteiger partial charge in [0.2, 0.25) is 0 Å². The van der Waals surface area contributed by atoms with Crippen LogP contribution in [0.1, 0.15) is 26.7 Å². The largest absolute Gasteiger partial charge is 0.465 e. The van der Waals surface area contributed by atoms with Crippen molar-refractivity contribution < 1.29 is 9.90 Å². The quantitative estimate of drug-likeness (QED) is 0.568. The summed E-state index contributed by atoms with van der Waals surface area (Å²) in [6, 6.07) is 0. The van der Waals surface area contributed by atoms with E-state index in [1.165, 1.54) is 0 Å². The van der Waals surface area contributed by atoms with Crippen LogP contribution in [0.2, 0.25) is 0 Å². The van der Waals surface area contributed by atoms with E-state index in [1.807, 2.05) is 13.8 Å². The Hall–Kier alpha value is -0.770. The average molecular weight is 160 g/mol. The number of carboxylic acid groups (broad SMARTS) is 1. The van der Waals surface area contributed by atoms with Gasteiger partial charge in [-0.1, -0.05) is 13.3 Å². The molecule has 0 fully saturated rings. The number of amides is 1. The molecule has 0 saturated carbocycles. The lowest BCUT2D eigenvalue weighted by Crippen LogP contribution is -2.50. The number of carbonyl (C=O) groups is 1. The third-order valence-corrected chi connectivity index (χ3v) is 1.66. The molecule has 4 nitrogen and oxygen atoms in total. The van der Waals surface area contributed by atoms with E-state index >= 15 is 0 Å². The minimum absolute atomic E-state index is 0.340. The molecule has 1 amide bonds. The first kappa shape index (κ1) is 10.2. The number of nitrogens with two attached hydrogens (primary N) is 1. The van der Waals surface area contributed by atoms with Crippen LogP contribution < -0.4 is 11.1 Å². The summed E-state index contributed by atoms with van der Waals surface area (Å²) in [6.07, 6.45) is 0.690. The van der Waals surface area contributed by atoms with Crippen LogP contribution in [-0.4, -0.2) is 23.3 Å². The first-order valence-corrected chi connectivity index (χ1v) is 3.75. The van der Waals surface area contributed by atoms with Crippen LogP contribution in [0.3, 0.4) is 0 Å². The molecule has 0 aromatic heterocycles. The smallest absolute Gasteiger partial charge is 0.405 e. The van der Waals surface area contributed by atoms with Crippen LogP contribution in [0.5, 0.6) is 0 Å². The number of hydrogen-bond acceptors (Lipinski definition) is 2. The van der Waals surface area contributed by atoms with Crippen molar-refractivity contribution in [1.82, 2.24) is 5.32 Å². The molecule has 0 rings (SSSR count). The Morgan fingerprint density at radius 3 is 2.55 bits per heavy atom. The molecule has 0 saturated heterocycles. The van der Waals surface area contributed by atoms with E-state index in [4.69, 9.17) is 10.8 Å². The molecule has 1 atom stereocenters. The topological polar surface area (TPSA) is 75.3 Å². The molecule has 0 bridgehead atoms. The van der Waals surface area contributed by atoms with Crippen molar-refractivity contribution in [2.75, 3.05) is 6.54 Å². The fourth-order valence-corrected chi connectivity index (χ4v) is 1.03. The molecule has 4 heteroatoms. The Morgan fingerprint density at radius 1 is 1.73 bits per heavy atom. The second-order valence-electron chi connectivity index (χ2n) is 2.94. The van der Waals surface area contributed by atoms with E-state index in [-0.39, 0.29) is 0 Å². The van der Waals surface area contributed by atoms with Gasteiger partial charge in [-0.2, -0.15) is 0 Å². The van der Waals surface area contributed by atoms with Crippen molar-refractivity contribution in [2.24, 2.45) is 5.73 Å². The summed E-state index contributed by atoms with van der Waals surface area (Å²) in [5.41, 5.74) is 4.96. The maximum Gasteiger partial charge on any atom is 0.405 e. The molecular weight excluding hydrogens is 144 g/mol. The maximum absolute atomic E-state index is 10.3. The average Bonchev–Trinajstić information content (AvgIpc) is 1.87. The maximum atomic E-state index is 10.3. The summed E-state index contributed by atoms with van der Waals surface area (Å²) in [7, 11) is 0. The molecule has 11 heavy (non-hydrogen) atoms. The van der Waals surface area contributed by atoms with Gasteiger partial charge >= 0.3 is 6.09 Å². The number of rotatable bonds is 4. The number of nitrogens with one attached hydrogen (secondary N) is 1. The predicted molar refractivity (Wildman–Crippen MR) is 43.5 cm³/mol. The summed E-state index contributed by atoms with van der Waals surface area (Å²) < 4.78 is 0. The zero-order valence-electron chi connectivity index (χ0n) is 7.05. The Balaban J connectivity index is 3.98. The molecule has 0 spiro atoms. The molecule has 66 valence electrons. The first-order chi connectivity index (χ1) is 5.04. The van der Waals surface area contributed by atoms with E-state index in [2.05, 4.69) is 5.32 Å². The summed E-state index contributed by atoms with van der Waals surface area (Å²) in [4.78, 5) is 10.3. The van der Waals surface area contributed by atoms with Gasteiger partial charge < -0.3 is 16.2 Å². The van der Waals surface area contributed by atoms with Crippen molar-refractivity contribution in [2.45, 2.75) is 32.2 Å². The minimum atomic E-state index is -1.01. The monoisotopic (exact) mass is 160 g/mol. The first-order valence-electron chi connectivity index (χ1n) is 3.75. The molecule has 0 aromatic carbocycles. The lowest BCUT2D eigenvalue weighted by atomic mass is 9.97. The van der Waals surface area contributed by atoms with Gasteiger partial charge in [-0.15, -0.1) is 0 Å². The van der Waals surface area contributed by atoms with Crippen LogP contribution in [-0.2, 0) is 0 Å². The fraction of sp³-hybridized carbons (Fsp3) is 0.857. The lowest BCUT2D eigenvalue weighted by Gasteiger charge is -2.27. The van der Waals surface area contributed by atoms with Gasteiger partial charge in [-0.05, 0) is 13.3 Å². The van der Waals surface area contributed by atoms with Crippen LogP contribution in [0.15, 0.2) is 0 Å². The van der Waals surface area contributed by atoms with Crippen LogP contribution >= 0.6 is 0 Å². The molecular formula is C7H16N2O2. The van der Waals surface area contributed by atoms with Crippen LogP contribution in [0.25, 0.3) is 0 Å². The third-order valence-electron chi connectivity index (χ3n) is 1.66. The third kappa shape index (κ3) is 3.83. The molecule has 1 unspecified atom stereocenters. The van der Waals surface area contributed by atoms with E-state index in [1.54, 1.807) is 0 Å². The highest BCUT2D eigenvalue weighted by Crippen LogP contribution is 2.09. The zero-order valence-corrected chi connectivity index (χ0v) is 7.05. The second-order valence-corrected chi connectivity index (χ2v) is 2.94. The van der Waals surface area contributed by atoms with Gasteiger partial charge in [0.1, 0.15) is 0 Å². The highest BCUT2D eigenvalue weighted by Gasteiger charge is 2.22. The molecule has 4 N–H and O–H groups in total. The molecule has 0 aromatic rings. The van der Waals surface area contributed by atoms with E-state index in [9.17, 15) is 4.79 Å². The van der Waals surface area contributed by atoms with Crippen molar-refractivity contribution >= 4 is 6.09 Å². The van der Waals surface area contributed by atoms with Gasteiger partial charge in [0, 0.05) is 6.54 Å². The molecule has 0 aliphatic rings. The van der Waals surface area contributed by atoms with Crippen LogP contribution in [0.4, 0.5) is 4.79 Å². The van der Waals surface area contributed by atoms with Crippen molar-refractivity contribution in [3.05, 3.63) is 0 Å². The molecule has 0 heterocycles. The Labute approximate surface area is 66.8 Å². The summed E-state index contributed by atoms with van der Waals surface area (Å²) >= 11 is 0. The van der Waals surface area contributed by atoms with Crippen molar-refractivity contribution in [3.63, 3.8) is 0 Å². The van der Waals surface area contributed by atoms with Crippen molar-refractivity contribution in [1.29, 1.82) is 0 Å². The number of hydrogen-bond donors (Lipinski definition) is 3. The highest BCUT2D eigenvalue weighted by molar-refractivity contribution is 5.65. The van der Waals surface area contributed by atoms with Crippen molar-refractivity contribution in [3.8, 4) is 0 Å². The molecule has 0 aliphatic heterocycles. The second kappa shape index (κ2) is 4.18. The van der Waals surface area contributed by atoms with E-state index < -0.39 is 11.6 Å². The summed E-state index contributed by atoms with van der Waals surface area (Å²) in [6.45, 7) is 4.15. The summed E-state index contributed by atoms with van der Waals surface area (Å²) in [5, 5.41) is 10.8. The molecule has 0 aliphatic carbocycles. The van der Waals surface area contributed by atoms with E-state index in [0.29, 0.717) is 6.54 Å². The standard InChI is InChI=1S/C7H16N2O2/c1-3-4-7(2,5-8)9-6(10)11/h9H,3-5,8H2,1-2H3,(H,10,11). The lowest BCUT2D eigenvalue weighted by molar-refractivity contribution is 0.178. The minimum Gasteiger partial charge on any atom is -0.465 e. The van der Waals surface area contributed by atoms with Crippen LogP contribution in [0, 0.1) is 0 Å². The van der Waals surface area contributed by atoms with Gasteiger partial charge in [0.25, 0.3) is 0 Å². The Kier molecular flexibility index (Phi) is 3.89. The Morgan fingerprint density at radius 2 is 2.27 bits per heavy atom. The summed E-state index contributed by atoms with van der Waals surface area (Å²) in [5.74, 6) is 0. The fourth-order valence-electron chi connectivity index (χ4n) is 1.03. The molecule has 0 radical (unpaired) electrons. The Bertz CT molecular complexity index is 138. The van der Waals surface area contributed by atoms with Gasteiger partial charge in [0.15, 0.2) is 0 Å². The predicted octanol–water partition coefficient (Wildman–Crippen LogP) is 0.772. The normalized spacial score (nSPS) is 15.5. The van der Waals surface area contributed by atoms with E-state index in [0.717, 1.165) is 12.8 Å². The van der Waals surface area contributed by atoms with Gasteiger partial charge in [-0.3, -0.25) is 0 Å². The zero-order chi connectivity index (χ0) is 8.91.